The number of nitro groups is 3. The van der Waals surface area contributed by atoms with Gasteiger partial charge in [0.1, 0.15) is 5.56 Å². The Morgan fingerprint density at radius 3 is 1.34 bits per heavy atom. The molecule has 0 saturated carbocycles. The van der Waals surface area contributed by atoms with Crippen LogP contribution in [-0.2, 0) is 0 Å². The lowest BCUT2D eigenvalue weighted by molar-refractivity contribution is -0.385. The monoisotopic (exact) mass is 1030 g/mol. The summed E-state index contributed by atoms with van der Waals surface area (Å²) in [5.74, 6) is -6.10. The molecule has 380 valence electrons. The van der Waals surface area contributed by atoms with Crippen LogP contribution >= 0.6 is 0 Å². The molecular weight excluding hydrogens is 989 g/mol. The number of hydrogen-bond donors (Lipinski definition) is 4. The Balaban J connectivity index is 0.816. The lowest BCUT2D eigenvalue weighted by Crippen LogP contribution is -2.44. The van der Waals surface area contributed by atoms with E-state index in [1.807, 2.05) is 0 Å². The van der Waals surface area contributed by atoms with Gasteiger partial charge in [0.05, 0.1) is 31.6 Å². The predicted molar refractivity (Wildman–Crippen MR) is 271 cm³/mol. The van der Waals surface area contributed by atoms with Gasteiger partial charge in [0.15, 0.2) is 0 Å². The second kappa shape index (κ2) is 19.7. The summed E-state index contributed by atoms with van der Waals surface area (Å²) in [5, 5.41) is 48.6. The molecule has 0 fully saturated rings. The van der Waals surface area contributed by atoms with Crippen LogP contribution in [0.3, 0.4) is 0 Å². The number of imide groups is 3. The van der Waals surface area contributed by atoms with Crippen LogP contribution in [0.4, 0.5) is 22.7 Å². The quantitative estimate of drug-likeness (QED) is 0.0384. The largest absolute Gasteiger partial charge is 0.351 e. The molecule has 0 spiro atoms. The molecule has 0 bridgehead atoms. The number of rotatable bonds is 18. The first kappa shape index (κ1) is 49.4. The highest BCUT2D eigenvalue weighted by Gasteiger charge is 2.40. The Morgan fingerprint density at radius 2 is 0.882 bits per heavy atom. The molecular formula is C52H38N10O14. The van der Waals surface area contributed by atoms with Gasteiger partial charge in [-0.2, -0.15) is 0 Å². The number of non-ortho nitro benzene ring substituents is 2. The Bertz CT molecular complexity index is 3650. The van der Waals surface area contributed by atoms with Gasteiger partial charge in [-0.25, -0.2) is 4.90 Å². The zero-order valence-corrected chi connectivity index (χ0v) is 39.4. The van der Waals surface area contributed by atoms with Crippen LogP contribution < -0.4 is 26.2 Å². The highest BCUT2D eigenvalue weighted by Crippen LogP contribution is 2.39. The van der Waals surface area contributed by atoms with Crippen molar-refractivity contribution in [3.8, 4) is 0 Å². The van der Waals surface area contributed by atoms with Crippen LogP contribution in [-0.4, -0.2) is 124 Å². The number of nitro benzene ring substituents is 3. The van der Waals surface area contributed by atoms with E-state index in [9.17, 15) is 68.7 Å². The molecule has 24 heteroatoms. The van der Waals surface area contributed by atoms with Gasteiger partial charge in [0.2, 0.25) is 0 Å². The molecule has 76 heavy (non-hydrogen) atoms. The maximum absolute atomic E-state index is 14.3. The number of carbonyl (C=O) groups excluding carboxylic acids is 8. The summed E-state index contributed by atoms with van der Waals surface area (Å²) in [6.07, 6.45) is 0. The molecule has 7 aromatic carbocycles. The highest BCUT2D eigenvalue weighted by atomic mass is 16.6. The number of carbonyl (C=O) groups is 8. The Labute approximate surface area is 426 Å². The summed E-state index contributed by atoms with van der Waals surface area (Å²) in [5.41, 5.74) is -1.83. The normalized spacial score (nSPS) is 13.8. The van der Waals surface area contributed by atoms with E-state index in [-0.39, 0.29) is 119 Å². The maximum Gasteiger partial charge on any atom is 0.282 e. The molecule has 0 saturated heterocycles. The second-order valence-electron chi connectivity index (χ2n) is 17.7. The van der Waals surface area contributed by atoms with E-state index in [2.05, 4.69) is 21.3 Å². The van der Waals surface area contributed by atoms with E-state index in [1.165, 1.54) is 60.7 Å². The lowest BCUT2D eigenvalue weighted by Gasteiger charge is -2.27. The molecule has 7 aromatic rings. The van der Waals surface area contributed by atoms with Gasteiger partial charge >= 0.3 is 0 Å². The van der Waals surface area contributed by atoms with Gasteiger partial charge in [0.25, 0.3) is 64.3 Å². The highest BCUT2D eigenvalue weighted by molar-refractivity contribution is 6.37. The van der Waals surface area contributed by atoms with E-state index in [0.29, 0.717) is 31.8 Å². The third-order valence-corrected chi connectivity index (χ3v) is 13.2. The summed E-state index contributed by atoms with van der Waals surface area (Å²) in [6.45, 7) is -0.128. The van der Waals surface area contributed by atoms with Crippen molar-refractivity contribution < 1.29 is 53.1 Å². The SMILES string of the molecule is O=C(NCCNCCN1C(=O)c2cccc3cc([N+](=O)[O-])cc(c23)C1=O)c1cc(C(=O)NCCNCCN2C(=O)c3cccc4cc([N+](=O)[O-])cc(c34)C2=O)cc(N2C(=O)c3cccc4ccc([N+](=O)[O-])c(c34)C2=O)c1. The van der Waals surface area contributed by atoms with E-state index in [1.54, 1.807) is 30.3 Å². The summed E-state index contributed by atoms with van der Waals surface area (Å²) in [6, 6.07) is 24.8. The van der Waals surface area contributed by atoms with Gasteiger partial charge < -0.3 is 21.3 Å². The number of benzene rings is 7. The van der Waals surface area contributed by atoms with Crippen LogP contribution in [0.25, 0.3) is 32.3 Å². The van der Waals surface area contributed by atoms with Crippen LogP contribution in [0.15, 0.2) is 109 Å². The van der Waals surface area contributed by atoms with Crippen LogP contribution in [0.5, 0.6) is 0 Å². The number of anilines is 1. The van der Waals surface area contributed by atoms with E-state index in [0.717, 1.165) is 28.0 Å². The van der Waals surface area contributed by atoms with Crippen molar-refractivity contribution in [2.75, 3.05) is 57.3 Å². The smallest absolute Gasteiger partial charge is 0.282 e. The zero-order chi connectivity index (χ0) is 53.7. The number of nitrogens with zero attached hydrogens (tertiary/aromatic N) is 6. The molecule has 0 atom stereocenters. The van der Waals surface area contributed by atoms with E-state index in [4.69, 9.17) is 0 Å². The fourth-order valence-corrected chi connectivity index (χ4v) is 9.74. The summed E-state index contributed by atoms with van der Waals surface area (Å²) >= 11 is 0. The zero-order valence-electron chi connectivity index (χ0n) is 39.4. The van der Waals surface area contributed by atoms with Crippen molar-refractivity contribution in [1.82, 2.24) is 31.1 Å². The summed E-state index contributed by atoms with van der Waals surface area (Å²) < 4.78 is 0. The van der Waals surface area contributed by atoms with Gasteiger partial charge in [-0.1, -0.05) is 36.4 Å². The lowest BCUT2D eigenvalue weighted by atomic mass is 9.92. The average molecular weight is 1030 g/mol. The fraction of sp³-hybridized carbons (Fsp3) is 0.154. The first-order valence-electron chi connectivity index (χ1n) is 23.4. The van der Waals surface area contributed by atoms with Crippen molar-refractivity contribution in [2.45, 2.75) is 0 Å². The van der Waals surface area contributed by atoms with Crippen molar-refractivity contribution in [3.63, 3.8) is 0 Å². The van der Waals surface area contributed by atoms with Crippen molar-refractivity contribution in [1.29, 1.82) is 0 Å². The van der Waals surface area contributed by atoms with Gasteiger partial charge in [-0.05, 0) is 58.6 Å². The summed E-state index contributed by atoms with van der Waals surface area (Å²) in [4.78, 5) is 146. The topological polar surface area (TPSA) is 324 Å². The molecule has 24 nitrogen and oxygen atoms in total. The van der Waals surface area contributed by atoms with E-state index < -0.39 is 67.7 Å². The first-order valence-corrected chi connectivity index (χ1v) is 23.4. The molecule has 10 rings (SSSR count). The van der Waals surface area contributed by atoms with Gasteiger partial charge in [-0.3, -0.25) is 78.5 Å². The van der Waals surface area contributed by atoms with Crippen LogP contribution in [0, 0.1) is 30.3 Å². The van der Waals surface area contributed by atoms with Crippen molar-refractivity contribution in [2.24, 2.45) is 0 Å². The molecule has 3 heterocycles. The molecule has 8 amide bonds. The summed E-state index contributed by atoms with van der Waals surface area (Å²) in [7, 11) is 0. The maximum atomic E-state index is 14.3. The minimum Gasteiger partial charge on any atom is -0.351 e. The standard InChI is InChI=1S/C52H38N10O14/c63-45(55-14-12-53-16-18-57-47(65)35-7-2-5-28-21-33(60(71)72)25-38(41(28)35)49(57)67)30-20-31(24-32(23-30)59-51(69)37-9-1-4-27-10-11-40(62(75)76)44(43(27)37)52(59)70)46(64)56-15-13-54-17-19-58-48(66)36-8-3-6-29-22-34(61(73)74)26-39(42(29)36)50(58)68/h1-11,20-26,53-54H,12-19H2,(H,55,63)(H,56,64). The Kier molecular flexibility index (Phi) is 12.8. The van der Waals surface area contributed by atoms with Crippen LogP contribution in [0.1, 0.15) is 82.9 Å². The Hall–Kier alpha value is -10.2. The molecule has 0 unspecified atom stereocenters. The molecule has 0 aromatic heterocycles. The van der Waals surface area contributed by atoms with Crippen LogP contribution in [0.2, 0.25) is 0 Å². The number of nitrogens with one attached hydrogen (secondary N) is 4. The minimum absolute atomic E-state index is 0.0107. The fourth-order valence-electron chi connectivity index (χ4n) is 9.74. The molecule has 0 aliphatic carbocycles. The second-order valence-corrected chi connectivity index (χ2v) is 17.7. The predicted octanol–water partition coefficient (Wildman–Crippen LogP) is 4.90. The molecule has 0 radical (unpaired) electrons. The minimum atomic E-state index is -1.08. The molecule has 3 aliphatic heterocycles. The van der Waals surface area contributed by atoms with Gasteiger partial charge in [0, 0.05) is 127 Å². The third kappa shape index (κ3) is 8.63. The van der Waals surface area contributed by atoms with Crippen molar-refractivity contribution in [3.05, 3.63) is 184 Å². The number of hydrogen-bond acceptors (Lipinski definition) is 16. The average Bonchev–Trinajstić information content (AvgIpc) is 3.41. The molecule has 3 aliphatic rings. The third-order valence-electron chi connectivity index (χ3n) is 13.2. The first-order chi connectivity index (χ1) is 36.5. The Morgan fingerprint density at radius 1 is 0.434 bits per heavy atom. The van der Waals surface area contributed by atoms with E-state index >= 15 is 0 Å². The van der Waals surface area contributed by atoms with Crippen molar-refractivity contribution >= 4 is 102 Å². The molecule has 4 N–H and O–H groups in total. The number of amides is 8. The van der Waals surface area contributed by atoms with Gasteiger partial charge in [-0.15, -0.1) is 0 Å².